The molecule has 0 radical (unpaired) electrons. The second kappa shape index (κ2) is 9.24. The van der Waals surface area contributed by atoms with Crippen molar-refractivity contribution >= 4 is 0 Å². The van der Waals surface area contributed by atoms with Gasteiger partial charge in [-0.25, -0.2) is 4.39 Å². The van der Waals surface area contributed by atoms with Gasteiger partial charge in [-0.2, -0.15) is 0 Å². The highest BCUT2D eigenvalue weighted by Gasteiger charge is 1.97. The first-order valence-electron chi connectivity index (χ1n) is 7.39. The number of nitrogens with zero attached hydrogens (tertiary/aromatic N) is 1. The monoisotopic (exact) mass is 273 g/mol. The summed E-state index contributed by atoms with van der Waals surface area (Å²) >= 11 is 0. The SMILES string of the molecule is CC.Cc1cncc(CCCCc2ccc(F)cc2)c1. The molecule has 0 aliphatic rings. The van der Waals surface area contributed by atoms with Crippen molar-refractivity contribution in [2.45, 2.75) is 46.5 Å². The highest BCUT2D eigenvalue weighted by atomic mass is 19.1. The molecule has 20 heavy (non-hydrogen) atoms. The molecule has 0 bridgehead atoms. The van der Waals surface area contributed by atoms with Crippen LogP contribution in [0.1, 0.15) is 43.4 Å². The molecule has 1 aromatic carbocycles. The zero-order chi connectivity index (χ0) is 14.8. The van der Waals surface area contributed by atoms with Crippen LogP contribution < -0.4 is 0 Å². The summed E-state index contributed by atoms with van der Waals surface area (Å²) in [6.07, 6.45) is 8.16. The molecule has 0 amide bonds. The van der Waals surface area contributed by atoms with Gasteiger partial charge in [0.15, 0.2) is 0 Å². The smallest absolute Gasteiger partial charge is 0.123 e. The second-order valence-electron chi connectivity index (χ2n) is 4.70. The molecule has 108 valence electrons. The number of hydrogen-bond donors (Lipinski definition) is 0. The van der Waals surface area contributed by atoms with Gasteiger partial charge in [0.1, 0.15) is 5.82 Å². The fourth-order valence-corrected chi connectivity index (χ4v) is 2.06. The van der Waals surface area contributed by atoms with Crippen molar-refractivity contribution < 1.29 is 4.39 Å². The van der Waals surface area contributed by atoms with Gasteiger partial charge in [-0.3, -0.25) is 4.98 Å². The number of rotatable bonds is 5. The zero-order valence-electron chi connectivity index (χ0n) is 12.7. The van der Waals surface area contributed by atoms with Crippen molar-refractivity contribution in [2.75, 3.05) is 0 Å². The van der Waals surface area contributed by atoms with E-state index in [9.17, 15) is 4.39 Å². The van der Waals surface area contributed by atoms with Crippen LogP contribution in [0, 0.1) is 12.7 Å². The summed E-state index contributed by atoms with van der Waals surface area (Å²) in [7, 11) is 0. The van der Waals surface area contributed by atoms with E-state index in [0.29, 0.717) is 0 Å². The van der Waals surface area contributed by atoms with Gasteiger partial charge in [0.05, 0.1) is 0 Å². The molecule has 2 aromatic rings. The largest absolute Gasteiger partial charge is 0.264 e. The normalized spacial score (nSPS) is 9.80. The maximum atomic E-state index is 12.7. The summed E-state index contributed by atoms with van der Waals surface area (Å²) < 4.78 is 12.7. The number of halogens is 1. The molecule has 1 heterocycles. The summed E-state index contributed by atoms with van der Waals surface area (Å²) in [4.78, 5) is 4.19. The Kier molecular flexibility index (Phi) is 7.56. The summed E-state index contributed by atoms with van der Waals surface area (Å²) in [5.74, 6) is -0.162. The Labute approximate surface area is 121 Å². The van der Waals surface area contributed by atoms with Crippen LogP contribution in [0.4, 0.5) is 4.39 Å². The van der Waals surface area contributed by atoms with Crippen LogP contribution in [0.2, 0.25) is 0 Å². The van der Waals surface area contributed by atoms with Gasteiger partial charge < -0.3 is 0 Å². The topological polar surface area (TPSA) is 12.9 Å². The molecule has 1 nitrogen and oxygen atoms in total. The Hall–Kier alpha value is -1.70. The number of benzene rings is 1. The minimum Gasteiger partial charge on any atom is -0.264 e. The number of hydrogen-bond acceptors (Lipinski definition) is 1. The third-order valence-corrected chi connectivity index (χ3v) is 3.03. The lowest BCUT2D eigenvalue weighted by atomic mass is 10.0. The van der Waals surface area contributed by atoms with Crippen molar-refractivity contribution in [3.63, 3.8) is 0 Å². The lowest BCUT2D eigenvalue weighted by Gasteiger charge is -2.03. The van der Waals surface area contributed by atoms with E-state index in [-0.39, 0.29) is 5.82 Å². The zero-order valence-corrected chi connectivity index (χ0v) is 12.7. The lowest BCUT2D eigenvalue weighted by Crippen LogP contribution is -1.91. The quantitative estimate of drug-likeness (QED) is 0.689. The average Bonchev–Trinajstić information content (AvgIpc) is 2.48. The molecule has 0 saturated heterocycles. The Morgan fingerprint density at radius 2 is 1.50 bits per heavy atom. The Morgan fingerprint density at radius 1 is 0.900 bits per heavy atom. The lowest BCUT2D eigenvalue weighted by molar-refractivity contribution is 0.626. The molecule has 0 unspecified atom stereocenters. The highest BCUT2D eigenvalue weighted by molar-refractivity contribution is 5.17. The Balaban J connectivity index is 0.000000956. The highest BCUT2D eigenvalue weighted by Crippen LogP contribution is 2.10. The summed E-state index contributed by atoms with van der Waals surface area (Å²) in [6, 6.07) is 8.97. The average molecular weight is 273 g/mol. The molecule has 0 fully saturated rings. The Morgan fingerprint density at radius 3 is 2.10 bits per heavy atom. The van der Waals surface area contributed by atoms with Crippen molar-refractivity contribution in [1.82, 2.24) is 4.98 Å². The number of aryl methyl sites for hydroxylation is 3. The van der Waals surface area contributed by atoms with E-state index in [0.717, 1.165) is 25.7 Å². The minimum atomic E-state index is -0.162. The van der Waals surface area contributed by atoms with Crippen LogP contribution in [0.3, 0.4) is 0 Å². The number of aromatic nitrogens is 1. The molecule has 0 saturated carbocycles. The molecule has 0 aliphatic carbocycles. The summed E-state index contributed by atoms with van der Waals surface area (Å²) in [5.41, 5.74) is 3.72. The predicted molar refractivity (Wildman–Crippen MR) is 83.4 cm³/mol. The summed E-state index contributed by atoms with van der Waals surface area (Å²) in [5, 5.41) is 0. The van der Waals surface area contributed by atoms with Crippen LogP contribution in [0.25, 0.3) is 0 Å². The molecule has 0 atom stereocenters. The standard InChI is InChI=1S/C16H18FN.C2H6/c1-13-10-15(12-18-11-13)5-3-2-4-14-6-8-16(17)9-7-14;1-2/h6-12H,2-5H2,1H3;1-2H3. The van der Waals surface area contributed by atoms with Gasteiger partial charge in [0.25, 0.3) is 0 Å². The van der Waals surface area contributed by atoms with Crippen LogP contribution in [-0.2, 0) is 12.8 Å². The van der Waals surface area contributed by atoms with E-state index in [1.807, 2.05) is 38.4 Å². The van der Waals surface area contributed by atoms with E-state index < -0.39 is 0 Å². The van der Waals surface area contributed by atoms with Crippen molar-refractivity contribution in [2.24, 2.45) is 0 Å². The van der Waals surface area contributed by atoms with E-state index in [1.165, 1.54) is 28.8 Å². The first kappa shape index (κ1) is 16.4. The van der Waals surface area contributed by atoms with Crippen LogP contribution in [0.15, 0.2) is 42.7 Å². The van der Waals surface area contributed by atoms with Gasteiger partial charge in [-0.05, 0) is 61.4 Å². The van der Waals surface area contributed by atoms with Crippen LogP contribution in [0.5, 0.6) is 0 Å². The van der Waals surface area contributed by atoms with Crippen molar-refractivity contribution in [1.29, 1.82) is 0 Å². The molecule has 2 heteroatoms. The van der Waals surface area contributed by atoms with Crippen molar-refractivity contribution in [3.05, 3.63) is 65.2 Å². The third-order valence-electron chi connectivity index (χ3n) is 3.03. The molecule has 2 rings (SSSR count). The van der Waals surface area contributed by atoms with Gasteiger partial charge in [0, 0.05) is 12.4 Å². The van der Waals surface area contributed by atoms with E-state index >= 15 is 0 Å². The first-order chi connectivity index (χ1) is 9.74. The number of unbranched alkanes of at least 4 members (excludes halogenated alkanes) is 1. The van der Waals surface area contributed by atoms with Crippen LogP contribution >= 0.6 is 0 Å². The van der Waals surface area contributed by atoms with E-state index in [2.05, 4.69) is 18.0 Å². The fourth-order valence-electron chi connectivity index (χ4n) is 2.06. The van der Waals surface area contributed by atoms with Crippen LogP contribution in [-0.4, -0.2) is 4.98 Å². The minimum absolute atomic E-state index is 0.162. The molecular formula is C18H24FN. The second-order valence-corrected chi connectivity index (χ2v) is 4.70. The van der Waals surface area contributed by atoms with Gasteiger partial charge in [0.2, 0.25) is 0 Å². The van der Waals surface area contributed by atoms with Gasteiger partial charge >= 0.3 is 0 Å². The number of pyridine rings is 1. The third kappa shape index (κ3) is 5.96. The Bertz CT molecular complexity index is 491. The van der Waals surface area contributed by atoms with Gasteiger partial charge in [-0.15, -0.1) is 0 Å². The maximum absolute atomic E-state index is 12.7. The predicted octanol–water partition coefficient (Wildman–Crippen LogP) is 5.12. The molecular weight excluding hydrogens is 249 g/mol. The van der Waals surface area contributed by atoms with E-state index in [1.54, 1.807) is 0 Å². The molecule has 1 aromatic heterocycles. The molecule has 0 spiro atoms. The van der Waals surface area contributed by atoms with E-state index in [4.69, 9.17) is 0 Å². The first-order valence-corrected chi connectivity index (χ1v) is 7.39. The van der Waals surface area contributed by atoms with Crippen molar-refractivity contribution in [3.8, 4) is 0 Å². The molecule has 0 N–H and O–H groups in total. The fraction of sp³-hybridized carbons (Fsp3) is 0.389. The summed E-state index contributed by atoms with van der Waals surface area (Å²) in [6.45, 7) is 6.06. The maximum Gasteiger partial charge on any atom is 0.123 e. The van der Waals surface area contributed by atoms with Gasteiger partial charge in [-0.1, -0.05) is 32.0 Å². The molecule has 0 aliphatic heterocycles.